The van der Waals surface area contributed by atoms with Gasteiger partial charge in [0, 0.05) is 33.9 Å². The van der Waals surface area contributed by atoms with E-state index in [0.29, 0.717) is 12.6 Å². The van der Waals surface area contributed by atoms with E-state index in [4.69, 9.17) is 14.2 Å². The van der Waals surface area contributed by atoms with Gasteiger partial charge in [-0.15, -0.1) is 24.0 Å². The van der Waals surface area contributed by atoms with Crippen molar-refractivity contribution in [3.63, 3.8) is 0 Å². The van der Waals surface area contributed by atoms with E-state index >= 15 is 0 Å². The molecule has 0 unspecified atom stereocenters. The van der Waals surface area contributed by atoms with Crippen molar-refractivity contribution < 1.29 is 14.2 Å². The summed E-state index contributed by atoms with van der Waals surface area (Å²) in [5, 5.41) is 6.60. The lowest BCUT2D eigenvalue weighted by Crippen LogP contribution is -2.37. The average molecular weight is 477 g/mol. The fourth-order valence-corrected chi connectivity index (χ4v) is 2.94. The maximum absolute atomic E-state index is 6.15. The molecule has 1 aliphatic carbocycles. The molecule has 2 N–H and O–H groups in total. The Morgan fingerprint density at radius 3 is 2.58 bits per heavy atom. The average Bonchev–Trinajstić information content (AvgIpc) is 3.14. The Hall–Kier alpha value is -1.22. The molecule has 1 aromatic rings. The first-order chi connectivity index (χ1) is 12.3. The Balaban J connectivity index is 0.00000338. The van der Waals surface area contributed by atoms with Crippen LogP contribution in [0.1, 0.15) is 37.7 Å². The molecule has 0 bridgehead atoms. The van der Waals surface area contributed by atoms with E-state index < -0.39 is 0 Å². The van der Waals surface area contributed by atoms with Crippen LogP contribution in [0.3, 0.4) is 0 Å². The van der Waals surface area contributed by atoms with E-state index in [1.807, 2.05) is 12.1 Å². The van der Waals surface area contributed by atoms with Gasteiger partial charge in [0.05, 0.1) is 13.2 Å². The van der Waals surface area contributed by atoms with E-state index in [0.717, 1.165) is 55.4 Å². The molecule has 148 valence electrons. The molecule has 0 aliphatic heterocycles. The molecule has 1 saturated carbocycles. The van der Waals surface area contributed by atoms with E-state index in [9.17, 15) is 0 Å². The third-order valence-corrected chi connectivity index (χ3v) is 4.33. The molecule has 0 spiro atoms. The predicted octanol–water partition coefficient (Wildman–Crippen LogP) is 3.34. The van der Waals surface area contributed by atoms with Crippen molar-refractivity contribution in [2.45, 2.75) is 44.8 Å². The number of nitrogens with one attached hydrogen (secondary N) is 2. The number of benzene rings is 1. The quantitative estimate of drug-likeness (QED) is 0.247. The fraction of sp³-hybridized carbons (Fsp3) is 0.632. The minimum atomic E-state index is 0. The third kappa shape index (κ3) is 7.57. The van der Waals surface area contributed by atoms with Crippen LogP contribution in [0.2, 0.25) is 0 Å². The molecule has 0 atom stereocenters. The summed E-state index contributed by atoms with van der Waals surface area (Å²) < 4.78 is 16.6. The molecule has 7 heteroatoms. The van der Waals surface area contributed by atoms with Crippen molar-refractivity contribution in [1.29, 1.82) is 0 Å². The van der Waals surface area contributed by atoms with Crippen LogP contribution in [0.25, 0.3) is 0 Å². The Bertz CT molecular complexity index is 549. The lowest BCUT2D eigenvalue weighted by Gasteiger charge is -2.17. The molecule has 1 aromatic carbocycles. The summed E-state index contributed by atoms with van der Waals surface area (Å²) >= 11 is 0. The summed E-state index contributed by atoms with van der Waals surface area (Å²) in [6, 6.07) is 6.07. The van der Waals surface area contributed by atoms with Crippen LogP contribution in [-0.4, -0.2) is 46.5 Å². The largest absolute Gasteiger partial charge is 0.493 e. The van der Waals surface area contributed by atoms with Crippen molar-refractivity contribution in [2.75, 3.05) is 34.4 Å². The Labute approximate surface area is 174 Å². The van der Waals surface area contributed by atoms with Gasteiger partial charge in [-0.1, -0.05) is 6.07 Å². The zero-order chi connectivity index (χ0) is 17.9. The molecular formula is C19H32IN3O3. The fourth-order valence-electron chi connectivity index (χ4n) is 2.94. The summed E-state index contributed by atoms with van der Waals surface area (Å²) in [5.74, 6) is 2.40. The van der Waals surface area contributed by atoms with E-state index in [-0.39, 0.29) is 24.0 Å². The number of hydrogen-bond donors (Lipinski definition) is 2. The molecule has 0 radical (unpaired) electrons. The van der Waals surface area contributed by atoms with E-state index in [2.05, 4.69) is 21.7 Å². The molecule has 1 fully saturated rings. The number of guanidine groups is 1. The zero-order valence-corrected chi connectivity index (χ0v) is 18.4. The van der Waals surface area contributed by atoms with Gasteiger partial charge in [-0.3, -0.25) is 4.99 Å². The Morgan fingerprint density at radius 2 is 1.92 bits per heavy atom. The SMILES string of the molecule is CN=C(NCCCOC)NCc1ccc(OC)c(OC2CCCC2)c1.I. The van der Waals surface area contributed by atoms with Crippen molar-refractivity contribution in [1.82, 2.24) is 10.6 Å². The summed E-state index contributed by atoms with van der Waals surface area (Å²) in [6.45, 7) is 2.24. The van der Waals surface area contributed by atoms with Gasteiger partial charge >= 0.3 is 0 Å². The van der Waals surface area contributed by atoms with Crippen molar-refractivity contribution in [3.8, 4) is 11.5 Å². The number of aliphatic imine (C=N–C) groups is 1. The molecular weight excluding hydrogens is 445 g/mol. The van der Waals surface area contributed by atoms with Gasteiger partial charge in [0.1, 0.15) is 0 Å². The third-order valence-electron chi connectivity index (χ3n) is 4.33. The number of ether oxygens (including phenoxy) is 3. The normalized spacial score (nSPS) is 14.7. The second-order valence-electron chi connectivity index (χ2n) is 6.21. The van der Waals surface area contributed by atoms with Crippen LogP contribution >= 0.6 is 24.0 Å². The van der Waals surface area contributed by atoms with Gasteiger partial charge in [-0.2, -0.15) is 0 Å². The maximum Gasteiger partial charge on any atom is 0.191 e. The first kappa shape index (κ1) is 22.8. The summed E-state index contributed by atoms with van der Waals surface area (Å²) in [5.41, 5.74) is 1.13. The predicted molar refractivity (Wildman–Crippen MR) is 116 cm³/mol. The van der Waals surface area contributed by atoms with Crippen LogP contribution in [0, 0.1) is 0 Å². The monoisotopic (exact) mass is 477 g/mol. The minimum absolute atomic E-state index is 0. The molecule has 6 nitrogen and oxygen atoms in total. The van der Waals surface area contributed by atoms with Crippen LogP contribution in [-0.2, 0) is 11.3 Å². The summed E-state index contributed by atoms with van der Waals surface area (Å²) in [4.78, 5) is 4.24. The highest BCUT2D eigenvalue weighted by Crippen LogP contribution is 2.32. The highest BCUT2D eigenvalue weighted by molar-refractivity contribution is 14.0. The van der Waals surface area contributed by atoms with Crippen LogP contribution in [0.4, 0.5) is 0 Å². The Morgan fingerprint density at radius 1 is 1.15 bits per heavy atom. The van der Waals surface area contributed by atoms with Gasteiger partial charge in [-0.05, 0) is 49.8 Å². The lowest BCUT2D eigenvalue weighted by atomic mass is 10.2. The van der Waals surface area contributed by atoms with Gasteiger partial charge in [0.15, 0.2) is 17.5 Å². The van der Waals surface area contributed by atoms with Crippen LogP contribution in [0.5, 0.6) is 11.5 Å². The second-order valence-corrected chi connectivity index (χ2v) is 6.21. The van der Waals surface area contributed by atoms with Crippen LogP contribution in [0.15, 0.2) is 23.2 Å². The minimum Gasteiger partial charge on any atom is -0.493 e. The summed E-state index contributed by atoms with van der Waals surface area (Å²) in [7, 11) is 5.16. The molecule has 1 aliphatic rings. The number of methoxy groups -OCH3 is 2. The number of halogens is 1. The van der Waals surface area contributed by atoms with Gasteiger partial charge in [0.25, 0.3) is 0 Å². The number of rotatable bonds is 9. The second kappa shape index (κ2) is 13.0. The number of nitrogens with zero attached hydrogens (tertiary/aromatic N) is 1. The van der Waals surface area contributed by atoms with Gasteiger partial charge < -0.3 is 24.8 Å². The first-order valence-corrected chi connectivity index (χ1v) is 9.04. The molecule has 0 amide bonds. The van der Waals surface area contributed by atoms with Gasteiger partial charge in [-0.25, -0.2) is 0 Å². The van der Waals surface area contributed by atoms with E-state index in [1.165, 1.54) is 12.8 Å². The van der Waals surface area contributed by atoms with Crippen molar-refractivity contribution in [3.05, 3.63) is 23.8 Å². The Kier molecular flexibility index (Phi) is 11.4. The zero-order valence-electron chi connectivity index (χ0n) is 16.0. The molecule has 0 saturated heterocycles. The standard InChI is InChI=1S/C19H31N3O3.HI/c1-20-19(21-11-6-12-23-2)22-14-15-9-10-17(24-3)18(13-15)25-16-7-4-5-8-16;/h9-10,13,16H,4-8,11-12,14H2,1-3H3,(H2,20,21,22);1H. The van der Waals surface area contributed by atoms with Crippen molar-refractivity contribution >= 4 is 29.9 Å². The summed E-state index contributed by atoms with van der Waals surface area (Å²) in [6.07, 6.45) is 6.01. The van der Waals surface area contributed by atoms with Crippen molar-refractivity contribution in [2.24, 2.45) is 4.99 Å². The highest BCUT2D eigenvalue weighted by atomic mass is 127. The molecule has 2 rings (SSSR count). The highest BCUT2D eigenvalue weighted by Gasteiger charge is 2.18. The molecule has 0 aromatic heterocycles. The smallest absolute Gasteiger partial charge is 0.191 e. The lowest BCUT2D eigenvalue weighted by molar-refractivity contribution is 0.195. The topological polar surface area (TPSA) is 64.1 Å². The molecule has 26 heavy (non-hydrogen) atoms. The van der Waals surface area contributed by atoms with Crippen LogP contribution < -0.4 is 20.1 Å². The van der Waals surface area contributed by atoms with E-state index in [1.54, 1.807) is 21.3 Å². The number of hydrogen-bond acceptors (Lipinski definition) is 4. The first-order valence-electron chi connectivity index (χ1n) is 9.04. The maximum atomic E-state index is 6.15. The van der Waals surface area contributed by atoms with Gasteiger partial charge in [0.2, 0.25) is 0 Å². The molecule has 0 heterocycles.